The van der Waals surface area contributed by atoms with Crippen LogP contribution in [-0.4, -0.2) is 15.9 Å². The predicted octanol–water partition coefficient (Wildman–Crippen LogP) is 3.46. The second kappa shape index (κ2) is 5.03. The monoisotopic (exact) mass is 231 g/mol. The number of carbonyl (C=O) groups is 1. The van der Waals surface area contributed by atoms with Crippen LogP contribution < -0.4 is 0 Å². The van der Waals surface area contributed by atoms with Crippen molar-refractivity contribution in [1.82, 2.24) is 4.98 Å². The maximum atomic E-state index is 11.3. The quantitative estimate of drug-likeness (QED) is 0.820. The van der Waals surface area contributed by atoms with E-state index in [1.54, 1.807) is 6.08 Å². The van der Waals surface area contributed by atoms with Gasteiger partial charge in [-0.3, -0.25) is 4.79 Å². The van der Waals surface area contributed by atoms with E-state index in [0.717, 1.165) is 22.2 Å². The van der Waals surface area contributed by atoms with E-state index < -0.39 is 0 Å². The average Bonchev–Trinajstić information content (AvgIpc) is 2.70. The molecule has 1 aromatic carbocycles. The zero-order valence-electron chi connectivity index (χ0n) is 9.07. The largest absolute Gasteiger partial charge is 0.361 e. The lowest BCUT2D eigenvalue weighted by Gasteiger charge is -1.91. The molecular formula is C13H13NOS. The van der Waals surface area contributed by atoms with E-state index in [9.17, 15) is 4.79 Å². The fourth-order valence-electron chi connectivity index (χ4n) is 1.58. The van der Waals surface area contributed by atoms with Crippen molar-refractivity contribution in [3.05, 3.63) is 42.1 Å². The maximum Gasteiger partial charge on any atom is 0.212 e. The molecule has 0 fully saturated rings. The average molecular weight is 231 g/mol. The molecule has 0 aliphatic carbocycles. The molecule has 0 atom stereocenters. The van der Waals surface area contributed by atoms with E-state index in [-0.39, 0.29) is 5.12 Å². The zero-order chi connectivity index (χ0) is 11.4. The number of aromatic nitrogens is 1. The first-order valence-corrected chi connectivity index (χ1v) is 6.21. The summed E-state index contributed by atoms with van der Waals surface area (Å²) in [5, 5.41) is 1.25. The Balaban J connectivity index is 2.24. The molecule has 0 aliphatic heterocycles. The van der Waals surface area contributed by atoms with Gasteiger partial charge in [-0.15, -0.1) is 0 Å². The van der Waals surface area contributed by atoms with Crippen LogP contribution in [0, 0.1) is 0 Å². The highest BCUT2D eigenvalue weighted by Crippen LogP contribution is 2.19. The molecule has 0 saturated carbocycles. The van der Waals surface area contributed by atoms with Crippen LogP contribution in [0.3, 0.4) is 0 Å². The van der Waals surface area contributed by atoms with E-state index in [0.29, 0.717) is 0 Å². The first-order chi connectivity index (χ1) is 7.81. The van der Waals surface area contributed by atoms with E-state index >= 15 is 0 Å². The summed E-state index contributed by atoms with van der Waals surface area (Å²) in [5.74, 6) is 0.817. The Kier molecular flexibility index (Phi) is 3.47. The van der Waals surface area contributed by atoms with E-state index in [1.807, 2.05) is 43.5 Å². The summed E-state index contributed by atoms with van der Waals surface area (Å²) < 4.78 is 0. The van der Waals surface area contributed by atoms with Gasteiger partial charge in [-0.2, -0.15) is 0 Å². The molecule has 1 aromatic heterocycles. The molecule has 2 nitrogen and oxygen atoms in total. The first-order valence-electron chi connectivity index (χ1n) is 5.22. The number of para-hydroxylation sites is 1. The van der Waals surface area contributed by atoms with Gasteiger partial charge in [0.1, 0.15) is 0 Å². The van der Waals surface area contributed by atoms with Crippen LogP contribution in [0.25, 0.3) is 17.0 Å². The molecule has 2 aromatic rings. The van der Waals surface area contributed by atoms with Crippen LogP contribution in [0.4, 0.5) is 0 Å². The lowest BCUT2D eigenvalue weighted by Crippen LogP contribution is -1.84. The van der Waals surface area contributed by atoms with Crippen molar-refractivity contribution in [2.24, 2.45) is 0 Å². The van der Waals surface area contributed by atoms with Gasteiger partial charge in [-0.25, -0.2) is 0 Å². The number of nitrogens with one attached hydrogen (secondary N) is 1. The molecule has 2 rings (SSSR count). The van der Waals surface area contributed by atoms with Crippen LogP contribution in [0.5, 0.6) is 0 Å². The molecule has 3 heteroatoms. The summed E-state index contributed by atoms with van der Waals surface area (Å²) in [5.41, 5.74) is 2.15. The maximum absolute atomic E-state index is 11.3. The second-order valence-electron chi connectivity index (χ2n) is 3.37. The summed E-state index contributed by atoms with van der Waals surface area (Å²) in [6.07, 6.45) is 5.42. The van der Waals surface area contributed by atoms with E-state index in [2.05, 4.69) is 4.98 Å². The summed E-state index contributed by atoms with van der Waals surface area (Å²) in [7, 11) is 0. The van der Waals surface area contributed by atoms with Crippen molar-refractivity contribution in [2.45, 2.75) is 6.92 Å². The molecule has 82 valence electrons. The second-order valence-corrected chi connectivity index (χ2v) is 4.64. The lowest BCUT2D eigenvalue weighted by atomic mass is 10.2. The molecule has 0 amide bonds. The predicted molar refractivity (Wildman–Crippen MR) is 70.5 cm³/mol. The number of fused-ring (bicyclic) bond motifs is 1. The van der Waals surface area contributed by atoms with Crippen LogP contribution in [0.1, 0.15) is 12.5 Å². The number of hydrogen-bond acceptors (Lipinski definition) is 2. The van der Waals surface area contributed by atoms with E-state index in [4.69, 9.17) is 0 Å². The molecule has 0 aliphatic rings. The van der Waals surface area contributed by atoms with Gasteiger partial charge in [0.15, 0.2) is 0 Å². The highest BCUT2D eigenvalue weighted by Gasteiger charge is 2.00. The number of aromatic amines is 1. The Labute approximate surface area is 98.7 Å². The summed E-state index contributed by atoms with van der Waals surface area (Å²) in [6, 6.07) is 8.05. The Bertz CT molecular complexity index is 527. The SMILES string of the molecule is CCSC(=O)/C=C/c1c[nH]c2ccccc12. The first kappa shape index (κ1) is 11.0. The van der Waals surface area contributed by atoms with Crippen molar-refractivity contribution in [3.8, 4) is 0 Å². The van der Waals surface area contributed by atoms with Crippen molar-refractivity contribution in [3.63, 3.8) is 0 Å². The standard InChI is InChI=1S/C13H13NOS/c1-2-16-13(15)8-7-10-9-14-12-6-4-3-5-11(10)12/h3-9,14H,2H2,1H3/b8-7+. The summed E-state index contributed by atoms with van der Waals surface area (Å²) >= 11 is 1.32. The van der Waals surface area contributed by atoms with Crippen LogP contribution in [0.2, 0.25) is 0 Å². The highest BCUT2D eigenvalue weighted by molar-refractivity contribution is 8.14. The van der Waals surface area contributed by atoms with Gasteiger partial charge in [0.05, 0.1) is 0 Å². The topological polar surface area (TPSA) is 32.9 Å². The summed E-state index contributed by atoms with van der Waals surface area (Å²) in [4.78, 5) is 14.5. The molecule has 0 bridgehead atoms. The number of H-pyrrole nitrogens is 1. The normalized spacial score (nSPS) is 11.3. The smallest absolute Gasteiger partial charge is 0.212 e. The minimum Gasteiger partial charge on any atom is -0.361 e. The molecule has 1 heterocycles. The minimum atomic E-state index is 0.104. The fraction of sp³-hybridized carbons (Fsp3) is 0.154. The van der Waals surface area contributed by atoms with Crippen LogP contribution in [0.15, 0.2) is 36.5 Å². The molecular weight excluding hydrogens is 218 g/mol. The van der Waals surface area contributed by atoms with Gasteiger partial charge in [0.2, 0.25) is 5.12 Å². The van der Waals surface area contributed by atoms with Gasteiger partial charge in [-0.05, 0) is 29.5 Å². The Morgan fingerprint density at radius 1 is 1.44 bits per heavy atom. The Hall–Kier alpha value is -1.48. The van der Waals surface area contributed by atoms with E-state index in [1.165, 1.54) is 11.8 Å². The molecule has 16 heavy (non-hydrogen) atoms. The number of benzene rings is 1. The minimum absolute atomic E-state index is 0.104. The Morgan fingerprint density at radius 2 is 2.25 bits per heavy atom. The number of hydrogen-bond donors (Lipinski definition) is 1. The van der Waals surface area contributed by atoms with Gasteiger partial charge in [-0.1, -0.05) is 36.9 Å². The number of carbonyl (C=O) groups excluding carboxylic acids is 1. The lowest BCUT2D eigenvalue weighted by molar-refractivity contribution is -0.106. The van der Waals surface area contributed by atoms with Gasteiger partial charge in [0, 0.05) is 17.1 Å². The zero-order valence-corrected chi connectivity index (χ0v) is 9.88. The third-order valence-electron chi connectivity index (χ3n) is 2.31. The number of thioether (sulfide) groups is 1. The third kappa shape index (κ3) is 2.36. The van der Waals surface area contributed by atoms with Gasteiger partial charge >= 0.3 is 0 Å². The third-order valence-corrected chi connectivity index (χ3v) is 3.02. The van der Waals surface area contributed by atoms with Crippen molar-refractivity contribution in [2.75, 3.05) is 5.75 Å². The number of rotatable bonds is 3. The molecule has 0 unspecified atom stereocenters. The van der Waals surface area contributed by atoms with Crippen molar-refractivity contribution in [1.29, 1.82) is 0 Å². The molecule has 0 spiro atoms. The molecule has 0 radical (unpaired) electrons. The molecule has 0 saturated heterocycles. The van der Waals surface area contributed by atoms with Crippen LogP contribution >= 0.6 is 11.8 Å². The van der Waals surface area contributed by atoms with Crippen molar-refractivity contribution < 1.29 is 4.79 Å². The Morgan fingerprint density at radius 3 is 3.06 bits per heavy atom. The highest BCUT2D eigenvalue weighted by atomic mass is 32.2. The summed E-state index contributed by atoms with van der Waals surface area (Å²) in [6.45, 7) is 1.97. The van der Waals surface area contributed by atoms with Gasteiger partial charge < -0.3 is 4.98 Å². The fourth-order valence-corrected chi connectivity index (χ4v) is 2.03. The van der Waals surface area contributed by atoms with Crippen LogP contribution in [-0.2, 0) is 4.79 Å². The van der Waals surface area contributed by atoms with Gasteiger partial charge in [0.25, 0.3) is 0 Å². The molecule has 1 N–H and O–H groups in total. The van der Waals surface area contributed by atoms with Crippen molar-refractivity contribution >= 4 is 33.9 Å².